The van der Waals surface area contributed by atoms with Crippen molar-refractivity contribution >= 4 is 11.6 Å². The standard InChI is InChI=1S/C25H32N4O2/c1-19(2)16-24(25(30)28-11-10-26)31-18-20-4-3-5-22(17-20)21-6-8-23(9-7-21)29-14-12-27-13-15-29/h3-9,17,19,24,27H,11-16,18H2,1-2H3,(H,28,30). The maximum Gasteiger partial charge on any atom is 0.249 e. The molecule has 6 nitrogen and oxygen atoms in total. The lowest BCUT2D eigenvalue weighted by molar-refractivity contribution is -0.134. The number of carbonyl (C=O) groups is 1. The van der Waals surface area contributed by atoms with Gasteiger partial charge in [0, 0.05) is 31.9 Å². The van der Waals surface area contributed by atoms with E-state index in [4.69, 9.17) is 10.00 Å². The second-order valence-electron chi connectivity index (χ2n) is 8.29. The van der Waals surface area contributed by atoms with Gasteiger partial charge in [-0.05, 0) is 47.2 Å². The number of hydrogen-bond donors (Lipinski definition) is 2. The lowest BCUT2D eigenvalue weighted by Gasteiger charge is -2.29. The van der Waals surface area contributed by atoms with Gasteiger partial charge < -0.3 is 20.3 Å². The van der Waals surface area contributed by atoms with Crippen LogP contribution in [0.2, 0.25) is 0 Å². The molecule has 0 bridgehead atoms. The smallest absolute Gasteiger partial charge is 0.249 e. The van der Waals surface area contributed by atoms with Crippen LogP contribution < -0.4 is 15.5 Å². The van der Waals surface area contributed by atoms with Crippen molar-refractivity contribution < 1.29 is 9.53 Å². The number of nitrogens with one attached hydrogen (secondary N) is 2. The van der Waals surface area contributed by atoms with Crippen LogP contribution in [0.3, 0.4) is 0 Å². The number of nitrogens with zero attached hydrogens (tertiary/aromatic N) is 2. The minimum absolute atomic E-state index is 0.00376. The second-order valence-corrected chi connectivity index (χ2v) is 8.29. The summed E-state index contributed by atoms with van der Waals surface area (Å²) in [4.78, 5) is 14.7. The number of piperazine rings is 1. The molecule has 1 heterocycles. The van der Waals surface area contributed by atoms with E-state index in [2.05, 4.69) is 65.8 Å². The van der Waals surface area contributed by atoms with E-state index in [1.165, 1.54) is 5.69 Å². The number of amides is 1. The summed E-state index contributed by atoms with van der Waals surface area (Å²) in [7, 11) is 0. The number of rotatable bonds is 9. The van der Waals surface area contributed by atoms with Crippen LogP contribution in [0.25, 0.3) is 11.1 Å². The van der Waals surface area contributed by atoms with Crippen molar-refractivity contribution in [2.75, 3.05) is 37.6 Å². The van der Waals surface area contributed by atoms with Crippen molar-refractivity contribution in [3.8, 4) is 17.2 Å². The van der Waals surface area contributed by atoms with Crippen molar-refractivity contribution in [2.24, 2.45) is 5.92 Å². The van der Waals surface area contributed by atoms with E-state index in [1.54, 1.807) is 0 Å². The Labute approximate surface area is 185 Å². The van der Waals surface area contributed by atoms with Gasteiger partial charge in [0.25, 0.3) is 0 Å². The number of anilines is 1. The summed E-state index contributed by atoms with van der Waals surface area (Å²) in [6.45, 7) is 8.57. The molecule has 1 fully saturated rings. The van der Waals surface area contributed by atoms with Gasteiger partial charge in [0.15, 0.2) is 0 Å². The highest BCUT2D eigenvalue weighted by Crippen LogP contribution is 2.25. The lowest BCUT2D eigenvalue weighted by Crippen LogP contribution is -2.43. The van der Waals surface area contributed by atoms with E-state index in [1.807, 2.05) is 18.2 Å². The van der Waals surface area contributed by atoms with Gasteiger partial charge in [-0.25, -0.2) is 0 Å². The molecule has 1 aliphatic rings. The number of carbonyl (C=O) groups excluding carboxylic acids is 1. The number of hydrogen-bond acceptors (Lipinski definition) is 5. The Morgan fingerprint density at radius 3 is 2.58 bits per heavy atom. The Balaban J connectivity index is 1.65. The number of benzene rings is 2. The minimum Gasteiger partial charge on any atom is -0.369 e. The van der Waals surface area contributed by atoms with Crippen LogP contribution in [0.5, 0.6) is 0 Å². The zero-order chi connectivity index (χ0) is 22.1. The van der Waals surface area contributed by atoms with Crippen molar-refractivity contribution in [3.63, 3.8) is 0 Å². The Morgan fingerprint density at radius 2 is 1.90 bits per heavy atom. The molecule has 31 heavy (non-hydrogen) atoms. The zero-order valence-electron chi connectivity index (χ0n) is 18.4. The van der Waals surface area contributed by atoms with Crippen LogP contribution in [-0.2, 0) is 16.1 Å². The molecular formula is C25H32N4O2. The first kappa shape index (κ1) is 22.8. The van der Waals surface area contributed by atoms with Crippen molar-refractivity contribution in [2.45, 2.75) is 33.0 Å². The van der Waals surface area contributed by atoms with Gasteiger partial charge in [-0.3, -0.25) is 4.79 Å². The Morgan fingerprint density at radius 1 is 1.16 bits per heavy atom. The van der Waals surface area contributed by atoms with Crippen LogP contribution in [0.1, 0.15) is 25.8 Å². The number of nitriles is 1. The molecule has 0 saturated carbocycles. The molecule has 0 aromatic heterocycles. The molecule has 0 aliphatic carbocycles. The van der Waals surface area contributed by atoms with Crippen LogP contribution in [-0.4, -0.2) is 44.7 Å². The molecule has 2 aromatic carbocycles. The lowest BCUT2D eigenvalue weighted by atomic mass is 10.0. The fourth-order valence-electron chi connectivity index (χ4n) is 3.74. The van der Waals surface area contributed by atoms with Gasteiger partial charge in [-0.2, -0.15) is 5.26 Å². The molecular weight excluding hydrogens is 388 g/mol. The van der Waals surface area contributed by atoms with Gasteiger partial charge in [0.1, 0.15) is 12.6 Å². The molecule has 1 amide bonds. The first-order chi connectivity index (χ1) is 15.1. The maximum absolute atomic E-state index is 12.3. The summed E-state index contributed by atoms with van der Waals surface area (Å²) >= 11 is 0. The van der Waals surface area contributed by atoms with Crippen LogP contribution in [0.15, 0.2) is 48.5 Å². The van der Waals surface area contributed by atoms with E-state index < -0.39 is 6.10 Å². The van der Waals surface area contributed by atoms with E-state index in [-0.39, 0.29) is 12.5 Å². The topological polar surface area (TPSA) is 77.4 Å². The normalized spacial score (nSPS) is 14.8. The fourth-order valence-corrected chi connectivity index (χ4v) is 3.74. The van der Waals surface area contributed by atoms with Gasteiger partial charge in [0.2, 0.25) is 5.91 Å². The van der Waals surface area contributed by atoms with Gasteiger partial charge in [-0.1, -0.05) is 44.2 Å². The number of ether oxygens (including phenoxy) is 1. The zero-order valence-corrected chi connectivity index (χ0v) is 18.4. The minimum atomic E-state index is -0.560. The second kappa shape index (κ2) is 11.5. The third-order valence-corrected chi connectivity index (χ3v) is 5.38. The molecule has 164 valence electrons. The summed E-state index contributed by atoms with van der Waals surface area (Å²) in [5.41, 5.74) is 4.56. The summed E-state index contributed by atoms with van der Waals surface area (Å²) in [6, 6.07) is 18.9. The maximum atomic E-state index is 12.3. The molecule has 1 aliphatic heterocycles. The van der Waals surface area contributed by atoms with Crippen molar-refractivity contribution in [3.05, 3.63) is 54.1 Å². The van der Waals surface area contributed by atoms with E-state index in [9.17, 15) is 4.79 Å². The average molecular weight is 421 g/mol. The van der Waals surface area contributed by atoms with Gasteiger partial charge in [0.05, 0.1) is 12.7 Å². The summed E-state index contributed by atoms with van der Waals surface area (Å²) in [6.07, 6.45) is 0.0556. The molecule has 0 spiro atoms. The van der Waals surface area contributed by atoms with Crippen molar-refractivity contribution in [1.29, 1.82) is 5.26 Å². The first-order valence-electron chi connectivity index (χ1n) is 11.0. The van der Waals surface area contributed by atoms with Crippen molar-refractivity contribution in [1.82, 2.24) is 10.6 Å². The molecule has 0 radical (unpaired) electrons. The monoisotopic (exact) mass is 420 g/mol. The summed E-state index contributed by atoms with van der Waals surface area (Å²) < 4.78 is 5.95. The SMILES string of the molecule is CC(C)CC(OCc1cccc(-c2ccc(N3CCNCC3)cc2)c1)C(=O)NCC#N. The molecule has 1 unspecified atom stereocenters. The van der Waals surface area contributed by atoms with E-state index >= 15 is 0 Å². The van der Waals surface area contributed by atoms with E-state index in [0.717, 1.165) is 42.9 Å². The molecule has 1 saturated heterocycles. The Bertz CT molecular complexity index is 883. The third kappa shape index (κ3) is 6.81. The molecule has 2 aromatic rings. The summed E-state index contributed by atoms with van der Waals surface area (Å²) in [5.74, 6) is 0.0910. The fraction of sp³-hybridized carbons (Fsp3) is 0.440. The largest absolute Gasteiger partial charge is 0.369 e. The summed E-state index contributed by atoms with van der Waals surface area (Å²) in [5, 5.41) is 14.7. The predicted molar refractivity (Wildman–Crippen MR) is 124 cm³/mol. The highest BCUT2D eigenvalue weighted by molar-refractivity contribution is 5.81. The van der Waals surface area contributed by atoms with Crippen LogP contribution in [0.4, 0.5) is 5.69 Å². The molecule has 3 rings (SSSR count). The van der Waals surface area contributed by atoms with Gasteiger partial charge in [-0.15, -0.1) is 0 Å². The van der Waals surface area contributed by atoms with Crippen LogP contribution >= 0.6 is 0 Å². The Kier molecular flexibility index (Phi) is 8.45. The highest BCUT2D eigenvalue weighted by Gasteiger charge is 2.20. The third-order valence-electron chi connectivity index (χ3n) is 5.38. The predicted octanol–water partition coefficient (Wildman–Crippen LogP) is 3.33. The first-order valence-corrected chi connectivity index (χ1v) is 11.0. The molecule has 1 atom stereocenters. The molecule has 2 N–H and O–H groups in total. The highest BCUT2D eigenvalue weighted by atomic mass is 16.5. The van der Waals surface area contributed by atoms with E-state index in [0.29, 0.717) is 18.9 Å². The molecule has 6 heteroatoms. The Hall–Kier alpha value is -2.88. The average Bonchev–Trinajstić information content (AvgIpc) is 2.81. The van der Waals surface area contributed by atoms with Gasteiger partial charge >= 0.3 is 0 Å². The quantitative estimate of drug-likeness (QED) is 0.609. The van der Waals surface area contributed by atoms with Crippen LogP contribution in [0, 0.1) is 17.2 Å².